The fourth-order valence-electron chi connectivity index (χ4n) is 1.93. The Balaban J connectivity index is 1.94. The molecule has 0 amide bonds. The topological polar surface area (TPSA) is 24.9 Å². The molecule has 1 N–H and O–H groups in total. The van der Waals surface area contributed by atoms with E-state index in [-0.39, 0.29) is 0 Å². The smallest absolute Gasteiger partial charge is 0.0798 e. The molecular formula is C11H18N2S. The molecule has 0 radical (unpaired) electrons. The van der Waals surface area contributed by atoms with Crippen LogP contribution in [0.4, 0.5) is 0 Å². The van der Waals surface area contributed by atoms with Crippen LogP contribution in [0.5, 0.6) is 0 Å². The van der Waals surface area contributed by atoms with Gasteiger partial charge in [-0.05, 0) is 39.5 Å². The maximum atomic E-state index is 4.28. The van der Waals surface area contributed by atoms with Gasteiger partial charge in [0.15, 0.2) is 0 Å². The number of aryl methyl sites for hydroxylation is 1. The Morgan fingerprint density at radius 3 is 2.71 bits per heavy atom. The molecule has 2 rings (SSSR count). The average Bonchev–Trinajstić information content (AvgIpc) is 2.89. The lowest BCUT2D eigenvalue weighted by atomic mass is 10.1. The Bertz CT molecular complexity index is 304. The molecule has 1 aromatic heterocycles. The van der Waals surface area contributed by atoms with Crippen LogP contribution in [-0.4, -0.2) is 11.0 Å². The van der Waals surface area contributed by atoms with Crippen LogP contribution >= 0.6 is 11.3 Å². The molecule has 0 bridgehead atoms. The first-order valence-corrected chi connectivity index (χ1v) is 6.22. The van der Waals surface area contributed by atoms with Gasteiger partial charge in [-0.25, -0.2) is 4.98 Å². The van der Waals surface area contributed by atoms with Gasteiger partial charge in [-0.15, -0.1) is 11.3 Å². The minimum Gasteiger partial charge on any atom is -0.307 e. The maximum absolute atomic E-state index is 4.28. The molecule has 14 heavy (non-hydrogen) atoms. The molecule has 2 unspecified atom stereocenters. The summed E-state index contributed by atoms with van der Waals surface area (Å²) in [5, 5.41) is 3.66. The fourth-order valence-corrected chi connectivity index (χ4v) is 2.75. The van der Waals surface area contributed by atoms with E-state index >= 15 is 0 Å². The Morgan fingerprint density at radius 2 is 2.21 bits per heavy atom. The summed E-state index contributed by atoms with van der Waals surface area (Å²) < 4.78 is 0. The van der Waals surface area contributed by atoms with Crippen molar-refractivity contribution in [1.82, 2.24) is 10.3 Å². The highest BCUT2D eigenvalue weighted by Crippen LogP contribution is 2.34. The van der Waals surface area contributed by atoms with Gasteiger partial charge in [-0.1, -0.05) is 0 Å². The van der Waals surface area contributed by atoms with Gasteiger partial charge in [0.2, 0.25) is 0 Å². The highest BCUT2D eigenvalue weighted by molar-refractivity contribution is 7.09. The van der Waals surface area contributed by atoms with Crippen molar-refractivity contribution in [2.75, 3.05) is 0 Å². The highest BCUT2D eigenvalue weighted by Gasteiger charge is 2.29. The molecule has 0 spiro atoms. The van der Waals surface area contributed by atoms with Crippen molar-refractivity contribution in [3.05, 3.63) is 16.1 Å². The lowest BCUT2D eigenvalue weighted by molar-refractivity contribution is 0.444. The van der Waals surface area contributed by atoms with E-state index in [2.05, 4.69) is 31.1 Å². The van der Waals surface area contributed by atoms with Crippen molar-refractivity contribution in [1.29, 1.82) is 0 Å². The van der Waals surface area contributed by atoms with Crippen LogP contribution in [0.2, 0.25) is 0 Å². The van der Waals surface area contributed by atoms with Gasteiger partial charge < -0.3 is 5.32 Å². The first-order valence-electron chi connectivity index (χ1n) is 5.34. The highest BCUT2D eigenvalue weighted by atomic mass is 32.1. The Hall–Kier alpha value is -0.410. The first-order chi connectivity index (χ1) is 6.68. The summed E-state index contributed by atoms with van der Waals surface area (Å²) in [5.74, 6) is 0.922. The summed E-state index contributed by atoms with van der Waals surface area (Å²) in [4.78, 5) is 5.67. The number of hydrogen-bond acceptors (Lipinski definition) is 3. The van der Waals surface area contributed by atoms with Gasteiger partial charge in [0.1, 0.15) is 0 Å². The van der Waals surface area contributed by atoms with Crippen molar-refractivity contribution >= 4 is 11.3 Å². The first kappa shape index (κ1) is 10.1. The molecule has 1 aromatic rings. The molecule has 0 aromatic carbocycles. The zero-order valence-electron chi connectivity index (χ0n) is 9.08. The molecule has 0 aliphatic heterocycles. The van der Waals surface area contributed by atoms with Crippen molar-refractivity contribution in [2.24, 2.45) is 5.92 Å². The summed E-state index contributed by atoms with van der Waals surface area (Å²) in [6.45, 7) is 6.62. The van der Waals surface area contributed by atoms with E-state index in [4.69, 9.17) is 0 Å². The fraction of sp³-hybridized carbons (Fsp3) is 0.727. The van der Waals surface area contributed by atoms with E-state index in [0.29, 0.717) is 12.1 Å². The quantitative estimate of drug-likeness (QED) is 0.826. The molecule has 1 fully saturated rings. The molecule has 0 saturated heterocycles. The second-order valence-electron chi connectivity index (χ2n) is 4.32. The van der Waals surface area contributed by atoms with Crippen LogP contribution in [0.25, 0.3) is 0 Å². The molecule has 1 aliphatic carbocycles. The average molecular weight is 210 g/mol. The van der Waals surface area contributed by atoms with Gasteiger partial charge >= 0.3 is 0 Å². The Kier molecular flexibility index (Phi) is 2.88. The van der Waals surface area contributed by atoms with Crippen molar-refractivity contribution in [3.63, 3.8) is 0 Å². The minimum atomic E-state index is 0.457. The van der Waals surface area contributed by atoms with Crippen LogP contribution in [0.1, 0.15) is 43.3 Å². The Morgan fingerprint density at radius 1 is 1.50 bits per heavy atom. The molecular weight excluding hydrogens is 192 g/mol. The normalized spacial score (nSPS) is 20.8. The summed E-state index contributed by atoms with van der Waals surface area (Å²) in [5.41, 5.74) is 3.11. The van der Waals surface area contributed by atoms with Gasteiger partial charge in [0, 0.05) is 17.0 Å². The second kappa shape index (κ2) is 3.99. The summed E-state index contributed by atoms with van der Waals surface area (Å²) in [6, 6.07) is 1.12. The van der Waals surface area contributed by atoms with Gasteiger partial charge in [-0.2, -0.15) is 0 Å². The van der Waals surface area contributed by atoms with Crippen LogP contribution in [0, 0.1) is 12.8 Å². The third-order valence-electron chi connectivity index (χ3n) is 3.02. The lowest BCUT2D eigenvalue weighted by Gasteiger charge is -2.18. The van der Waals surface area contributed by atoms with Gasteiger partial charge in [0.25, 0.3) is 0 Å². The second-order valence-corrected chi connectivity index (χ2v) is 5.20. The lowest BCUT2D eigenvalue weighted by Crippen LogP contribution is -2.30. The van der Waals surface area contributed by atoms with E-state index in [0.717, 1.165) is 5.92 Å². The van der Waals surface area contributed by atoms with Gasteiger partial charge in [0.05, 0.1) is 11.2 Å². The number of aromatic nitrogens is 1. The van der Waals surface area contributed by atoms with Crippen molar-refractivity contribution in [2.45, 2.75) is 45.7 Å². The Labute approximate surface area is 89.8 Å². The number of nitrogens with zero attached hydrogens (tertiary/aromatic N) is 1. The number of hydrogen-bond donors (Lipinski definition) is 1. The zero-order chi connectivity index (χ0) is 10.1. The summed E-state index contributed by atoms with van der Waals surface area (Å²) in [7, 11) is 0. The molecule has 1 saturated carbocycles. The number of rotatable bonds is 4. The van der Waals surface area contributed by atoms with Crippen LogP contribution < -0.4 is 5.32 Å². The third-order valence-corrected chi connectivity index (χ3v) is 4.13. The number of thiazole rings is 1. The largest absolute Gasteiger partial charge is 0.307 e. The van der Waals surface area contributed by atoms with Gasteiger partial charge in [-0.3, -0.25) is 0 Å². The van der Waals surface area contributed by atoms with Crippen molar-refractivity contribution < 1.29 is 0 Å². The zero-order valence-corrected chi connectivity index (χ0v) is 9.90. The third kappa shape index (κ3) is 2.15. The monoisotopic (exact) mass is 210 g/mol. The SMILES string of the molecule is Cc1ncsc1C(C)NC(C)C1CC1. The van der Waals surface area contributed by atoms with Crippen LogP contribution in [-0.2, 0) is 0 Å². The maximum Gasteiger partial charge on any atom is 0.0798 e. The summed E-state index contributed by atoms with van der Waals surface area (Å²) >= 11 is 1.76. The minimum absolute atomic E-state index is 0.457. The molecule has 2 nitrogen and oxygen atoms in total. The molecule has 1 aliphatic rings. The van der Waals surface area contributed by atoms with E-state index in [9.17, 15) is 0 Å². The molecule has 78 valence electrons. The molecule has 1 heterocycles. The molecule has 2 atom stereocenters. The van der Waals surface area contributed by atoms with E-state index in [1.165, 1.54) is 23.4 Å². The van der Waals surface area contributed by atoms with Crippen LogP contribution in [0.15, 0.2) is 5.51 Å². The van der Waals surface area contributed by atoms with E-state index < -0.39 is 0 Å². The number of nitrogens with one attached hydrogen (secondary N) is 1. The van der Waals surface area contributed by atoms with Crippen LogP contribution in [0.3, 0.4) is 0 Å². The van der Waals surface area contributed by atoms with E-state index in [1.807, 2.05) is 5.51 Å². The van der Waals surface area contributed by atoms with Crippen molar-refractivity contribution in [3.8, 4) is 0 Å². The predicted octanol–water partition coefficient (Wildman–Crippen LogP) is 2.90. The van der Waals surface area contributed by atoms with E-state index in [1.54, 1.807) is 11.3 Å². The predicted molar refractivity (Wildman–Crippen MR) is 60.6 cm³/mol. The standard InChI is InChI=1S/C11H18N2S/c1-7(10-4-5-10)13-9(3)11-8(2)12-6-14-11/h6-7,9-10,13H,4-5H2,1-3H3. The molecule has 3 heteroatoms. The summed E-state index contributed by atoms with van der Waals surface area (Å²) in [6.07, 6.45) is 2.81.